The molecular weight excluding hydrogens is 236 g/mol. The Labute approximate surface area is 117 Å². The number of nitrogens with zero attached hydrogens (tertiary/aromatic N) is 3. The van der Waals surface area contributed by atoms with Gasteiger partial charge in [-0.15, -0.1) is 0 Å². The van der Waals surface area contributed by atoms with Crippen LogP contribution in [0.5, 0.6) is 0 Å². The Morgan fingerprint density at radius 3 is 2.74 bits per heavy atom. The maximum absolute atomic E-state index is 4.25. The van der Waals surface area contributed by atoms with E-state index in [0.717, 1.165) is 19.5 Å². The molecule has 0 aromatic carbocycles. The molecule has 0 amide bonds. The van der Waals surface area contributed by atoms with Crippen LogP contribution in [0.15, 0.2) is 12.4 Å². The highest BCUT2D eigenvalue weighted by Gasteiger charge is 2.34. The van der Waals surface area contributed by atoms with E-state index in [2.05, 4.69) is 42.3 Å². The monoisotopic (exact) mass is 264 g/mol. The van der Waals surface area contributed by atoms with Gasteiger partial charge in [0.25, 0.3) is 0 Å². The molecule has 1 N–H and O–H groups in total. The number of hydrogen-bond acceptors (Lipinski definition) is 3. The van der Waals surface area contributed by atoms with Gasteiger partial charge in [0.1, 0.15) is 0 Å². The van der Waals surface area contributed by atoms with Crippen molar-refractivity contribution in [1.29, 1.82) is 0 Å². The predicted octanol–water partition coefficient (Wildman–Crippen LogP) is 1.82. The Balaban J connectivity index is 1.94. The molecule has 1 fully saturated rings. The number of rotatable bonds is 5. The Hall–Kier alpha value is -0.870. The van der Waals surface area contributed by atoms with Crippen molar-refractivity contribution in [3.8, 4) is 0 Å². The van der Waals surface area contributed by atoms with E-state index < -0.39 is 0 Å². The highest BCUT2D eigenvalue weighted by molar-refractivity contribution is 5.05. The number of piperazine rings is 1. The van der Waals surface area contributed by atoms with E-state index in [-0.39, 0.29) is 0 Å². The van der Waals surface area contributed by atoms with Crippen LogP contribution in [0.1, 0.15) is 39.2 Å². The second-order valence-electron chi connectivity index (χ2n) is 5.96. The van der Waals surface area contributed by atoms with Crippen molar-refractivity contribution in [3.05, 3.63) is 18.0 Å². The lowest BCUT2D eigenvalue weighted by atomic mass is 9.88. The Kier molecular flexibility index (Phi) is 4.63. The number of aromatic nitrogens is 2. The van der Waals surface area contributed by atoms with E-state index in [1.165, 1.54) is 24.9 Å². The molecule has 0 aliphatic carbocycles. The summed E-state index contributed by atoms with van der Waals surface area (Å²) in [6, 6.07) is 0.628. The quantitative estimate of drug-likeness (QED) is 0.880. The highest BCUT2D eigenvalue weighted by atomic mass is 15.3. The average molecular weight is 264 g/mol. The largest absolute Gasteiger partial charge is 0.308 e. The minimum Gasteiger partial charge on any atom is -0.308 e. The molecule has 1 aromatic heterocycles. The molecule has 4 heteroatoms. The number of nitrogens with one attached hydrogen (secondary N) is 1. The summed E-state index contributed by atoms with van der Waals surface area (Å²) in [6.07, 6.45) is 7.63. The zero-order valence-corrected chi connectivity index (χ0v) is 12.8. The number of aryl methyl sites for hydroxylation is 1. The van der Waals surface area contributed by atoms with E-state index in [4.69, 9.17) is 0 Å². The molecule has 1 aliphatic heterocycles. The first-order valence-electron chi connectivity index (χ1n) is 7.55. The highest BCUT2D eigenvalue weighted by Crippen LogP contribution is 2.22. The van der Waals surface area contributed by atoms with Gasteiger partial charge >= 0.3 is 0 Å². The molecule has 0 spiro atoms. The van der Waals surface area contributed by atoms with Crippen molar-refractivity contribution in [2.24, 2.45) is 7.05 Å². The fourth-order valence-electron chi connectivity index (χ4n) is 2.99. The molecule has 1 unspecified atom stereocenters. The summed E-state index contributed by atoms with van der Waals surface area (Å²) in [6.45, 7) is 10.3. The van der Waals surface area contributed by atoms with Gasteiger partial charge in [0.2, 0.25) is 0 Å². The van der Waals surface area contributed by atoms with Gasteiger partial charge in [-0.25, -0.2) is 0 Å². The zero-order chi connectivity index (χ0) is 13.9. The van der Waals surface area contributed by atoms with Crippen molar-refractivity contribution in [2.75, 3.05) is 19.6 Å². The van der Waals surface area contributed by atoms with Gasteiger partial charge in [0, 0.05) is 44.5 Å². The van der Waals surface area contributed by atoms with Crippen molar-refractivity contribution >= 4 is 0 Å². The second-order valence-corrected chi connectivity index (χ2v) is 5.96. The molecule has 2 heterocycles. The van der Waals surface area contributed by atoms with Crippen LogP contribution in [0.4, 0.5) is 0 Å². The van der Waals surface area contributed by atoms with E-state index in [1.807, 2.05) is 17.9 Å². The molecule has 19 heavy (non-hydrogen) atoms. The Morgan fingerprint density at radius 1 is 1.42 bits per heavy atom. The fraction of sp³-hybridized carbons (Fsp3) is 0.800. The minimum absolute atomic E-state index is 0.321. The third-order valence-electron chi connectivity index (χ3n) is 4.70. The molecule has 4 nitrogen and oxygen atoms in total. The van der Waals surface area contributed by atoms with Gasteiger partial charge in [-0.05, 0) is 31.7 Å². The van der Waals surface area contributed by atoms with Gasteiger partial charge in [0.05, 0.1) is 6.20 Å². The average Bonchev–Trinajstić information content (AvgIpc) is 2.84. The second kappa shape index (κ2) is 6.06. The summed E-state index contributed by atoms with van der Waals surface area (Å²) in [5.74, 6) is 0. The van der Waals surface area contributed by atoms with E-state index >= 15 is 0 Å². The third-order valence-corrected chi connectivity index (χ3v) is 4.70. The van der Waals surface area contributed by atoms with E-state index in [9.17, 15) is 0 Å². The van der Waals surface area contributed by atoms with Gasteiger partial charge in [-0.3, -0.25) is 9.58 Å². The van der Waals surface area contributed by atoms with Crippen molar-refractivity contribution in [1.82, 2.24) is 20.0 Å². The topological polar surface area (TPSA) is 33.1 Å². The van der Waals surface area contributed by atoms with Crippen LogP contribution < -0.4 is 5.32 Å². The van der Waals surface area contributed by atoms with Gasteiger partial charge < -0.3 is 5.32 Å². The van der Waals surface area contributed by atoms with Crippen LogP contribution in [0.3, 0.4) is 0 Å². The lowest BCUT2D eigenvalue weighted by Crippen LogP contribution is -2.63. The SMILES string of the molecule is CCC1(CC)CN(CCc2cnn(C)c2)C(C)CN1. The first kappa shape index (κ1) is 14.5. The molecule has 2 rings (SSSR count). The van der Waals surface area contributed by atoms with Gasteiger partial charge in [-0.1, -0.05) is 13.8 Å². The molecule has 1 aliphatic rings. The molecule has 1 aromatic rings. The molecule has 0 saturated carbocycles. The number of hydrogen-bond donors (Lipinski definition) is 1. The van der Waals surface area contributed by atoms with Crippen LogP contribution in [0.2, 0.25) is 0 Å². The normalized spacial score (nSPS) is 23.7. The summed E-state index contributed by atoms with van der Waals surface area (Å²) in [4.78, 5) is 2.64. The predicted molar refractivity (Wildman–Crippen MR) is 79.3 cm³/mol. The van der Waals surface area contributed by atoms with E-state index in [1.54, 1.807) is 0 Å². The first-order valence-corrected chi connectivity index (χ1v) is 7.55. The molecule has 1 atom stereocenters. The standard InChI is InChI=1S/C15H28N4/c1-5-15(6-2)12-19(13(3)9-16-15)8-7-14-10-17-18(4)11-14/h10-11,13,16H,5-9,12H2,1-4H3. The van der Waals surface area contributed by atoms with Crippen molar-refractivity contribution in [3.63, 3.8) is 0 Å². The molecule has 0 radical (unpaired) electrons. The molecular formula is C15H28N4. The smallest absolute Gasteiger partial charge is 0.0522 e. The summed E-state index contributed by atoms with van der Waals surface area (Å²) in [5, 5.41) is 8.00. The third kappa shape index (κ3) is 3.37. The summed E-state index contributed by atoms with van der Waals surface area (Å²) < 4.78 is 1.89. The first-order chi connectivity index (χ1) is 9.08. The molecule has 0 bridgehead atoms. The van der Waals surface area contributed by atoms with Crippen molar-refractivity contribution in [2.45, 2.75) is 51.6 Å². The van der Waals surface area contributed by atoms with Gasteiger partial charge in [-0.2, -0.15) is 5.10 Å². The molecule has 1 saturated heterocycles. The van der Waals surface area contributed by atoms with Crippen LogP contribution in [0.25, 0.3) is 0 Å². The van der Waals surface area contributed by atoms with Crippen LogP contribution in [-0.2, 0) is 13.5 Å². The fourth-order valence-corrected chi connectivity index (χ4v) is 2.99. The summed E-state index contributed by atoms with van der Waals surface area (Å²) in [7, 11) is 1.98. The van der Waals surface area contributed by atoms with Crippen LogP contribution >= 0.6 is 0 Å². The Morgan fingerprint density at radius 2 is 2.16 bits per heavy atom. The lowest BCUT2D eigenvalue weighted by Gasteiger charge is -2.46. The maximum Gasteiger partial charge on any atom is 0.0522 e. The lowest BCUT2D eigenvalue weighted by molar-refractivity contribution is 0.0819. The zero-order valence-electron chi connectivity index (χ0n) is 12.8. The summed E-state index contributed by atoms with van der Waals surface area (Å²) >= 11 is 0. The maximum atomic E-state index is 4.25. The van der Waals surface area contributed by atoms with Crippen LogP contribution in [0, 0.1) is 0 Å². The van der Waals surface area contributed by atoms with Gasteiger partial charge in [0.15, 0.2) is 0 Å². The van der Waals surface area contributed by atoms with E-state index in [0.29, 0.717) is 11.6 Å². The summed E-state index contributed by atoms with van der Waals surface area (Å²) in [5.41, 5.74) is 1.66. The van der Waals surface area contributed by atoms with Crippen molar-refractivity contribution < 1.29 is 0 Å². The van der Waals surface area contributed by atoms with Crippen LogP contribution in [-0.4, -0.2) is 45.9 Å². The molecule has 108 valence electrons. The minimum atomic E-state index is 0.321. The Bertz CT molecular complexity index is 395.